The molecule has 1 aliphatic heterocycles. The number of rotatable bonds is 5. The monoisotopic (exact) mass is 501 g/mol. The van der Waals surface area contributed by atoms with Gasteiger partial charge in [-0.05, 0) is 55.8 Å². The number of nitrogens with zero attached hydrogens (tertiary/aromatic N) is 6. The first kappa shape index (κ1) is 24.5. The largest absolute Gasteiger partial charge is 0.386 e. The first-order valence-electron chi connectivity index (χ1n) is 12.3. The van der Waals surface area contributed by atoms with E-state index in [4.69, 9.17) is 0 Å². The summed E-state index contributed by atoms with van der Waals surface area (Å²) in [5.41, 5.74) is 2.60. The van der Waals surface area contributed by atoms with Crippen molar-refractivity contribution in [3.63, 3.8) is 0 Å². The van der Waals surface area contributed by atoms with Crippen molar-refractivity contribution in [2.24, 2.45) is 7.05 Å². The quantitative estimate of drug-likeness (QED) is 0.433. The number of amides is 1. The van der Waals surface area contributed by atoms with Gasteiger partial charge < -0.3 is 20.2 Å². The van der Waals surface area contributed by atoms with Gasteiger partial charge in [0.1, 0.15) is 5.39 Å². The molecule has 1 aliphatic rings. The summed E-state index contributed by atoms with van der Waals surface area (Å²) in [4.78, 5) is 37.6. The SMILES string of the molecule is CC(=O)N1CCN(c2ccc(Nc3ncc4c(=O)n(C)n(-c5cccc(C(C)(C)O)c5)c4n3)cc2)CC1. The van der Waals surface area contributed by atoms with Crippen molar-refractivity contribution in [3.8, 4) is 5.69 Å². The first-order valence-corrected chi connectivity index (χ1v) is 12.3. The van der Waals surface area contributed by atoms with Crippen LogP contribution in [0.2, 0.25) is 0 Å². The lowest BCUT2D eigenvalue weighted by Gasteiger charge is -2.35. The molecule has 0 unspecified atom stereocenters. The number of benzene rings is 2. The molecule has 0 atom stereocenters. The number of carbonyl (C=O) groups excluding carboxylic acids is 1. The summed E-state index contributed by atoms with van der Waals surface area (Å²) in [6.45, 7) is 8.10. The van der Waals surface area contributed by atoms with Crippen molar-refractivity contribution < 1.29 is 9.90 Å². The second-order valence-electron chi connectivity index (χ2n) is 9.85. The Morgan fingerprint density at radius 1 is 1.03 bits per heavy atom. The number of carbonyl (C=O) groups is 1. The van der Waals surface area contributed by atoms with Crippen LogP contribution in [0, 0.1) is 0 Å². The molecular formula is C27H31N7O3. The van der Waals surface area contributed by atoms with Gasteiger partial charge in [-0.1, -0.05) is 12.1 Å². The Morgan fingerprint density at radius 3 is 2.38 bits per heavy atom. The molecule has 0 saturated carbocycles. The fourth-order valence-electron chi connectivity index (χ4n) is 4.63. The van der Waals surface area contributed by atoms with Crippen LogP contribution in [0.4, 0.5) is 17.3 Å². The predicted octanol–water partition coefficient (Wildman–Crippen LogP) is 2.76. The number of hydrogen-bond donors (Lipinski definition) is 2. The van der Waals surface area contributed by atoms with Crippen LogP contribution in [0.5, 0.6) is 0 Å². The van der Waals surface area contributed by atoms with E-state index in [2.05, 4.69) is 20.2 Å². The zero-order chi connectivity index (χ0) is 26.3. The molecule has 0 aliphatic carbocycles. The van der Waals surface area contributed by atoms with E-state index in [0.29, 0.717) is 22.7 Å². The average molecular weight is 502 g/mol. The van der Waals surface area contributed by atoms with Gasteiger partial charge in [-0.25, -0.2) is 14.3 Å². The lowest BCUT2D eigenvalue weighted by Crippen LogP contribution is -2.48. The van der Waals surface area contributed by atoms with Crippen molar-refractivity contribution in [1.29, 1.82) is 0 Å². The van der Waals surface area contributed by atoms with Gasteiger partial charge in [0.05, 0.1) is 11.3 Å². The molecule has 37 heavy (non-hydrogen) atoms. The van der Waals surface area contributed by atoms with Gasteiger partial charge in [-0.2, -0.15) is 4.98 Å². The smallest absolute Gasteiger partial charge is 0.277 e. The summed E-state index contributed by atoms with van der Waals surface area (Å²) >= 11 is 0. The summed E-state index contributed by atoms with van der Waals surface area (Å²) in [6.07, 6.45) is 1.53. The number of hydrogen-bond acceptors (Lipinski definition) is 7. The van der Waals surface area contributed by atoms with Gasteiger partial charge in [-0.3, -0.25) is 9.59 Å². The standard InChI is InChI=1S/C27H31N7O3/c1-18(35)32-12-14-33(15-13-32)21-10-8-20(9-11-21)29-26-28-17-23-24(30-26)34(31(4)25(23)36)22-7-5-6-19(16-22)27(2,3)37/h5-11,16-17,37H,12-15H2,1-4H3,(H,28,29,30). The fourth-order valence-corrected chi connectivity index (χ4v) is 4.63. The zero-order valence-electron chi connectivity index (χ0n) is 21.5. The van der Waals surface area contributed by atoms with Gasteiger partial charge in [0.25, 0.3) is 5.56 Å². The summed E-state index contributed by atoms with van der Waals surface area (Å²) in [6, 6.07) is 15.4. The molecule has 0 radical (unpaired) electrons. The molecule has 2 aromatic carbocycles. The average Bonchev–Trinajstić information content (AvgIpc) is 3.13. The fraction of sp³-hybridized carbons (Fsp3) is 0.333. The molecule has 2 aromatic heterocycles. The van der Waals surface area contributed by atoms with Crippen LogP contribution in [0.1, 0.15) is 26.3 Å². The summed E-state index contributed by atoms with van der Waals surface area (Å²) in [7, 11) is 1.68. The van der Waals surface area contributed by atoms with E-state index in [1.165, 1.54) is 10.9 Å². The minimum absolute atomic E-state index is 0.116. The van der Waals surface area contributed by atoms with E-state index in [-0.39, 0.29) is 11.5 Å². The zero-order valence-corrected chi connectivity index (χ0v) is 21.5. The first-order chi connectivity index (χ1) is 17.6. The van der Waals surface area contributed by atoms with E-state index in [9.17, 15) is 14.7 Å². The van der Waals surface area contributed by atoms with Gasteiger partial charge in [0.2, 0.25) is 11.9 Å². The molecule has 0 spiro atoms. The third-order valence-electron chi connectivity index (χ3n) is 6.80. The molecule has 10 heteroatoms. The van der Waals surface area contributed by atoms with Crippen LogP contribution in [0.25, 0.3) is 16.7 Å². The molecular weight excluding hydrogens is 470 g/mol. The number of nitrogens with one attached hydrogen (secondary N) is 1. The van der Waals surface area contributed by atoms with Crippen molar-refractivity contribution >= 4 is 34.3 Å². The number of aliphatic hydroxyl groups is 1. The van der Waals surface area contributed by atoms with Gasteiger partial charge in [0, 0.05) is 57.7 Å². The van der Waals surface area contributed by atoms with Crippen LogP contribution < -0.4 is 15.8 Å². The molecule has 1 amide bonds. The number of anilines is 3. The Hall–Kier alpha value is -4.18. The molecule has 2 N–H and O–H groups in total. The minimum atomic E-state index is -1.02. The van der Waals surface area contributed by atoms with Crippen LogP contribution >= 0.6 is 0 Å². The maximum absolute atomic E-state index is 12.9. The summed E-state index contributed by atoms with van der Waals surface area (Å²) in [5, 5.41) is 14.1. The van der Waals surface area contributed by atoms with Gasteiger partial charge in [0.15, 0.2) is 5.65 Å². The predicted molar refractivity (Wildman–Crippen MR) is 144 cm³/mol. The summed E-state index contributed by atoms with van der Waals surface area (Å²) < 4.78 is 3.22. The van der Waals surface area contributed by atoms with E-state index < -0.39 is 5.60 Å². The van der Waals surface area contributed by atoms with E-state index in [0.717, 1.165) is 43.1 Å². The van der Waals surface area contributed by atoms with Crippen LogP contribution in [-0.4, -0.2) is 61.4 Å². The number of fused-ring (bicyclic) bond motifs is 1. The Balaban J connectivity index is 1.41. The highest BCUT2D eigenvalue weighted by molar-refractivity contribution is 5.77. The van der Waals surface area contributed by atoms with Crippen LogP contribution in [0.15, 0.2) is 59.5 Å². The van der Waals surface area contributed by atoms with Crippen molar-refractivity contribution in [2.45, 2.75) is 26.4 Å². The Bertz CT molecular complexity index is 1510. The number of piperazine rings is 1. The Kier molecular flexibility index (Phi) is 6.20. The van der Waals surface area contributed by atoms with Crippen LogP contribution in [-0.2, 0) is 17.4 Å². The van der Waals surface area contributed by atoms with E-state index in [1.807, 2.05) is 53.4 Å². The third kappa shape index (κ3) is 4.79. The molecule has 3 heterocycles. The van der Waals surface area contributed by atoms with Crippen molar-refractivity contribution in [1.82, 2.24) is 24.2 Å². The van der Waals surface area contributed by atoms with Crippen molar-refractivity contribution in [2.75, 3.05) is 36.4 Å². The lowest BCUT2D eigenvalue weighted by atomic mass is 9.98. The van der Waals surface area contributed by atoms with Crippen LogP contribution in [0.3, 0.4) is 0 Å². The molecule has 0 bridgehead atoms. The van der Waals surface area contributed by atoms with Crippen molar-refractivity contribution in [3.05, 3.63) is 70.6 Å². The second-order valence-corrected chi connectivity index (χ2v) is 9.85. The topological polar surface area (TPSA) is 109 Å². The van der Waals surface area contributed by atoms with Gasteiger partial charge >= 0.3 is 0 Å². The maximum atomic E-state index is 12.9. The Labute approximate surface area is 214 Å². The van der Waals surface area contributed by atoms with Gasteiger partial charge in [-0.15, -0.1) is 0 Å². The second kappa shape index (κ2) is 9.36. The maximum Gasteiger partial charge on any atom is 0.277 e. The normalized spacial score (nSPS) is 14.3. The highest BCUT2D eigenvalue weighted by atomic mass is 16.3. The third-order valence-corrected chi connectivity index (χ3v) is 6.80. The van der Waals surface area contributed by atoms with E-state index >= 15 is 0 Å². The molecule has 192 valence electrons. The van der Waals surface area contributed by atoms with E-state index in [1.54, 1.807) is 32.5 Å². The lowest BCUT2D eigenvalue weighted by molar-refractivity contribution is -0.129. The molecule has 1 fully saturated rings. The summed E-state index contributed by atoms with van der Waals surface area (Å²) in [5.74, 6) is 0.484. The molecule has 4 aromatic rings. The Morgan fingerprint density at radius 2 is 1.73 bits per heavy atom. The minimum Gasteiger partial charge on any atom is -0.386 e. The highest BCUT2D eigenvalue weighted by Gasteiger charge is 2.20. The molecule has 10 nitrogen and oxygen atoms in total. The molecule has 5 rings (SSSR count). The molecule has 1 saturated heterocycles. The highest BCUT2D eigenvalue weighted by Crippen LogP contribution is 2.25. The number of aromatic nitrogens is 4.